The van der Waals surface area contributed by atoms with Crippen molar-refractivity contribution in [2.45, 2.75) is 96.2 Å². The van der Waals surface area contributed by atoms with E-state index < -0.39 is 63.0 Å². The summed E-state index contributed by atoms with van der Waals surface area (Å²) in [7, 11) is 8.74. The Morgan fingerprint density at radius 2 is 0.918 bits per heavy atom. The summed E-state index contributed by atoms with van der Waals surface area (Å²) in [4.78, 5) is 73.5. The average molecular weight is 1430 g/mol. The summed E-state index contributed by atoms with van der Waals surface area (Å²) >= 11 is 1.75. The number of amides is 1. The van der Waals surface area contributed by atoms with Crippen LogP contribution in [0.4, 0.5) is 0 Å². The van der Waals surface area contributed by atoms with Gasteiger partial charge < -0.3 is 29.8 Å². The molecule has 10 rings (SSSR count). The Morgan fingerprint density at radius 3 is 1.24 bits per heavy atom. The van der Waals surface area contributed by atoms with E-state index in [4.69, 9.17) is 28.5 Å². The molecule has 0 saturated carbocycles. The van der Waals surface area contributed by atoms with E-state index in [2.05, 4.69) is 209 Å². The third kappa shape index (κ3) is 21.2. The molecule has 2 aliphatic rings. The van der Waals surface area contributed by atoms with Gasteiger partial charge in [-0.2, -0.15) is 0 Å². The van der Waals surface area contributed by atoms with Crippen molar-refractivity contribution in [3.8, 4) is 11.8 Å². The van der Waals surface area contributed by atoms with Gasteiger partial charge in [0.2, 0.25) is 5.91 Å². The number of aromatic nitrogens is 4. The number of aliphatic hydroxyl groups is 2. The summed E-state index contributed by atoms with van der Waals surface area (Å²) in [5, 5.41) is 30.6. The summed E-state index contributed by atoms with van der Waals surface area (Å²) in [6.07, 6.45) is 1.83. The number of rotatable bonds is 14. The van der Waals surface area contributed by atoms with E-state index in [9.17, 15) is 39.0 Å². The number of hydrogen-bond acceptors (Lipinski definition) is 10. The molecule has 0 bridgehead atoms. The van der Waals surface area contributed by atoms with Crippen LogP contribution in [0.15, 0.2) is 214 Å². The van der Waals surface area contributed by atoms with Crippen molar-refractivity contribution in [1.29, 1.82) is 0 Å². The predicted molar refractivity (Wildman–Crippen MR) is 347 cm³/mol. The molecule has 2 fully saturated rings. The smallest absolute Gasteiger partial charge is 0.0134 e. The number of ketones is 1. The minimum Gasteiger partial charge on any atom is -0.0622 e. The topological polar surface area (TPSA) is 215 Å². The maximum absolute atomic E-state index is 12.0. The van der Waals surface area contributed by atoms with E-state index in [1.165, 1.54) is 60.3 Å². The van der Waals surface area contributed by atoms with Crippen LogP contribution in [-0.4, -0.2) is 72.0 Å². The van der Waals surface area contributed by atoms with Gasteiger partial charge in [0.25, 0.3) is 11.1 Å². The molecular weight excluding hydrogens is 1360 g/mol. The van der Waals surface area contributed by atoms with Crippen LogP contribution in [0.25, 0.3) is 0 Å². The molecule has 8 aromatic rings. The second kappa shape index (κ2) is 36.3. The van der Waals surface area contributed by atoms with Crippen LogP contribution < -0.4 is 59.6 Å². The summed E-state index contributed by atoms with van der Waals surface area (Å²) in [5.74, 6) is 4.86. The molecule has 21 heteroatoms. The normalized spacial score (nSPS) is 17.5. The van der Waals surface area contributed by atoms with Crippen LogP contribution in [0, 0.1) is 15.4 Å². The first-order valence-corrected chi connectivity index (χ1v) is 34.9. The van der Waals surface area contributed by atoms with E-state index in [1.54, 1.807) is 0 Å². The number of hydrogen-bond donors (Lipinski definition) is 5. The molecule has 0 aliphatic carbocycles. The molecule has 448 valence electrons. The first kappa shape index (κ1) is 68.2. The number of nitrogens with one attached hydrogen (secondary N) is 3. The Kier molecular flexibility index (Phi) is 29.1. The van der Waals surface area contributed by atoms with Crippen LogP contribution >= 0.6 is 57.5 Å². The van der Waals surface area contributed by atoms with Crippen LogP contribution in [0.3, 0.4) is 0 Å². The number of H-pyrrole nitrogens is 2. The van der Waals surface area contributed by atoms with E-state index in [1.807, 2.05) is 36.4 Å². The molecule has 15 nitrogen and oxygen atoms in total. The molecule has 2 aromatic heterocycles. The van der Waals surface area contributed by atoms with Crippen LogP contribution in [-0.2, 0) is 35.0 Å². The van der Waals surface area contributed by atoms with Gasteiger partial charge in [0.15, 0.2) is 0 Å². The summed E-state index contributed by atoms with van der Waals surface area (Å²) in [6, 6.07) is 64.7. The first-order valence-electron chi connectivity index (χ1n) is 27.2. The van der Waals surface area contributed by atoms with Gasteiger partial charge in [-0.1, -0.05) is 208 Å². The second-order valence-electron chi connectivity index (χ2n) is 19.0. The van der Waals surface area contributed by atoms with E-state index in [0.717, 1.165) is 0 Å². The van der Waals surface area contributed by atoms with E-state index in [-0.39, 0.29) is 71.2 Å². The molecule has 85 heavy (non-hydrogen) atoms. The van der Waals surface area contributed by atoms with Crippen molar-refractivity contribution in [1.82, 2.24) is 24.4 Å². The number of aliphatic hydroxyl groups excluding tert-OH is 2. The van der Waals surface area contributed by atoms with Crippen LogP contribution in [0.1, 0.15) is 77.3 Å². The Bertz CT molecular complexity index is 3340. The van der Waals surface area contributed by atoms with E-state index >= 15 is 0 Å². The zero-order chi connectivity index (χ0) is 61.1. The first-order chi connectivity index (χ1) is 41.1. The number of nitrogens with zero attached hydrogens (tertiary/aromatic N) is 2. The van der Waals surface area contributed by atoms with E-state index in [0.29, 0.717) is 22.8 Å². The third-order valence-corrected chi connectivity index (χ3v) is 18.8. The van der Waals surface area contributed by atoms with Crippen molar-refractivity contribution in [2.24, 2.45) is 0 Å². The van der Waals surface area contributed by atoms with Gasteiger partial charge in [0.05, 0.1) is 34.5 Å². The number of carbonyl (C=O) groups excluding carboxylic acids is 2. The predicted octanol–water partition coefficient (Wildman–Crippen LogP) is 7.90. The largest absolute Gasteiger partial charge is 0.0622 e. The second-order valence-corrected chi connectivity index (χ2v) is 27.0. The third-order valence-electron chi connectivity index (χ3n) is 13.1. The fraction of sp³-hybridized carbons (Fsp3) is 0.250. The molecule has 0 spiro atoms. The Morgan fingerprint density at radius 1 is 0.588 bits per heavy atom. The van der Waals surface area contributed by atoms with Crippen molar-refractivity contribution < 1.29 is 45.2 Å². The Balaban J connectivity index is 0.000000181. The van der Waals surface area contributed by atoms with Crippen molar-refractivity contribution in [3.63, 3.8) is 0 Å². The number of Topliss-reactive ketones (excluding diaryl/α,β-unsaturated/α-hetero) is 1. The minimum absolute atomic E-state index is 0.00581. The van der Waals surface area contributed by atoms with Gasteiger partial charge >= 0.3 is 46.4 Å². The zero-order valence-electron chi connectivity index (χ0n) is 46.8. The molecule has 2 unspecified atom stereocenters. The standard InChI is InChI=1S/C18H23N3O6.2C18H15P.C10H13IN2O4.2ClH.Pd/c1-3-14-13(23)9-16(27-14)21-10-12(17(25)20-18(21)26)5-4-8-19-15(24)7-6-11(2)22;2*1-4-10-16(11-5-1)19(17-12-6-2-7-13-17)18-14-8-3-9-15-18;1-2-7-6(14)3-8(17-7)13-4-5(11)9(15)12-10(13)16;;;/h10,13-14,16,23H,3,6-9H2,1-2H3,(H,19,24)(H,20,25,26);2*1-15H;4,6-8,14H,2-3H2,1H3,(H,12,15,16);2*1H;/q;;;;;;+2/p-2/t13-,14+,16?;;;6-,7+,8?;;;/m0..0.../s1. The molecule has 5 N–H and O–H groups in total. The number of ether oxygens (including phenoxy) is 2. The molecular formula is C64H66Cl2IN5O10P2Pd. The van der Waals surface area contributed by atoms with Crippen molar-refractivity contribution >= 4 is 101 Å². The minimum atomic E-state index is -0.682. The van der Waals surface area contributed by atoms with Crippen LogP contribution in [0.2, 0.25) is 0 Å². The van der Waals surface area contributed by atoms with Gasteiger partial charge in [0, 0.05) is 38.1 Å². The molecule has 0 radical (unpaired) electrons. The van der Waals surface area contributed by atoms with Crippen LogP contribution in [0.5, 0.6) is 0 Å². The van der Waals surface area contributed by atoms with Gasteiger partial charge in [-0.15, -0.1) is 0 Å². The van der Waals surface area contributed by atoms with Gasteiger partial charge in [-0.3, -0.25) is 33.5 Å². The SMILES string of the molecule is CC[C@H]1OC(n2cc(C#CCNC(=O)CCC(C)=O)c(=O)[nH]c2=O)C[C@@H]1O.CC[C@H]1OC(n2cc(I)c(=O)[nH]c2=O)C[C@@H]1O.[Cl][Pd][Cl].c1ccc(P(c2ccccc2)c2ccccc2)cc1.c1ccc(P(c2ccccc2)c2ccccc2)cc1. The number of halogens is 3. The fourth-order valence-electron chi connectivity index (χ4n) is 8.99. The van der Waals surface area contributed by atoms with Gasteiger partial charge in [-0.25, -0.2) is 9.59 Å². The Labute approximate surface area is 526 Å². The molecule has 2 saturated heterocycles. The zero-order valence-corrected chi connectivity index (χ0v) is 53.8. The van der Waals surface area contributed by atoms with Crippen molar-refractivity contribution in [2.75, 3.05) is 6.54 Å². The number of carbonyl (C=O) groups is 2. The molecule has 4 heterocycles. The summed E-state index contributed by atoms with van der Waals surface area (Å²) < 4.78 is 14.2. The quantitative estimate of drug-likeness (QED) is 0.0307. The molecule has 6 atom stereocenters. The molecule has 6 aromatic carbocycles. The number of benzene rings is 6. The molecule has 2 aliphatic heterocycles. The summed E-state index contributed by atoms with van der Waals surface area (Å²) in [6.45, 7) is 5.19. The maximum Gasteiger partial charge on any atom is -0.0134 e. The summed E-state index contributed by atoms with van der Waals surface area (Å²) in [5.41, 5.74) is -2.15. The van der Waals surface area contributed by atoms with Crippen molar-refractivity contribution in [3.05, 3.63) is 245 Å². The molecule has 1 amide bonds. The Hall–Kier alpha value is -5.95. The average Bonchev–Trinajstić information content (AvgIpc) is 4.36. The fourth-order valence-corrected chi connectivity index (χ4v) is 14.0. The van der Waals surface area contributed by atoms with Gasteiger partial charge in [0.1, 0.15) is 23.8 Å². The van der Waals surface area contributed by atoms with Gasteiger partial charge in [-0.05, 0) is 90.0 Å². The maximum atomic E-state index is 12.0. The monoisotopic (exact) mass is 1430 g/mol. The number of aromatic amines is 2.